The fraction of sp³-hybridized carbons (Fsp3) is 0. The lowest BCUT2D eigenvalue weighted by molar-refractivity contribution is -0.384. The Hall–Kier alpha value is -1.65. The van der Waals surface area contributed by atoms with Crippen LogP contribution in [0, 0.1) is 10.1 Å². The number of benzene rings is 1. The van der Waals surface area contributed by atoms with Gasteiger partial charge in [0.2, 0.25) is 0 Å². The summed E-state index contributed by atoms with van der Waals surface area (Å²) in [6.07, 6.45) is 3.93. The third kappa shape index (κ3) is 4.38. The molecule has 0 aliphatic heterocycles. The average molecular weight is 272 g/mol. The van der Waals surface area contributed by atoms with Crippen LogP contribution in [0.2, 0.25) is 0 Å². The van der Waals surface area contributed by atoms with Gasteiger partial charge in [0.05, 0.1) is 4.92 Å². The maximum Gasteiger partial charge on any atom is 0.270 e. The third-order valence-electron chi connectivity index (χ3n) is 1.81. The van der Waals surface area contributed by atoms with Gasteiger partial charge in [-0.05, 0) is 12.2 Å². The highest BCUT2D eigenvalue weighted by atomic mass is 35.5. The molecule has 0 spiro atoms. The second-order valence-electron chi connectivity index (χ2n) is 2.99. The Morgan fingerprint density at radius 3 is 2.65 bits per heavy atom. The summed E-state index contributed by atoms with van der Waals surface area (Å²) in [6.45, 7) is 0. The molecule has 0 fully saturated rings. The molecule has 4 nitrogen and oxygen atoms in total. The molecule has 17 heavy (non-hydrogen) atoms. The van der Waals surface area contributed by atoms with Crippen molar-refractivity contribution in [2.24, 2.45) is 0 Å². The van der Waals surface area contributed by atoms with E-state index in [1.807, 2.05) is 0 Å². The number of ketones is 1. The maximum atomic E-state index is 11.6. The van der Waals surface area contributed by atoms with Crippen LogP contribution in [0.5, 0.6) is 0 Å². The largest absolute Gasteiger partial charge is 0.289 e. The lowest BCUT2D eigenvalue weighted by atomic mass is 10.1. The maximum absolute atomic E-state index is 11.6. The van der Waals surface area contributed by atoms with Gasteiger partial charge in [0.15, 0.2) is 5.78 Å². The number of hydrogen-bond acceptors (Lipinski definition) is 3. The average Bonchev–Trinajstić information content (AvgIpc) is 2.28. The topological polar surface area (TPSA) is 60.2 Å². The van der Waals surface area contributed by atoms with Gasteiger partial charge in [0.25, 0.3) is 5.69 Å². The molecule has 0 bridgehead atoms. The minimum Gasteiger partial charge on any atom is -0.289 e. The van der Waals surface area contributed by atoms with Crippen molar-refractivity contribution < 1.29 is 9.72 Å². The number of allylic oxidation sites excluding steroid dienone is 3. The fourth-order valence-corrected chi connectivity index (χ4v) is 1.22. The monoisotopic (exact) mass is 271 g/mol. The Kier molecular flexibility index (Phi) is 4.87. The summed E-state index contributed by atoms with van der Waals surface area (Å²) in [5.74, 6) is -0.362. The number of nitro groups is 1. The van der Waals surface area contributed by atoms with E-state index in [1.54, 1.807) is 0 Å². The zero-order chi connectivity index (χ0) is 12.8. The number of nitro benzene ring substituents is 1. The van der Waals surface area contributed by atoms with Crippen LogP contribution in [0.4, 0.5) is 5.69 Å². The first-order valence-electron chi connectivity index (χ1n) is 4.49. The van der Waals surface area contributed by atoms with Crippen LogP contribution < -0.4 is 0 Å². The van der Waals surface area contributed by atoms with E-state index in [-0.39, 0.29) is 21.5 Å². The predicted molar refractivity (Wildman–Crippen MR) is 66.4 cm³/mol. The fourth-order valence-electron chi connectivity index (χ4n) is 1.08. The summed E-state index contributed by atoms with van der Waals surface area (Å²) in [7, 11) is 0. The minimum atomic E-state index is -0.559. The number of nitrogens with zero attached hydrogens (tertiary/aromatic N) is 1. The molecule has 88 valence electrons. The number of non-ortho nitro benzene ring substituents is 1. The predicted octanol–water partition coefficient (Wildman–Crippen LogP) is 3.65. The summed E-state index contributed by atoms with van der Waals surface area (Å²) >= 11 is 10.7. The van der Waals surface area contributed by atoms with Crippen LogP contribution >= 0.6 is 23.2 Å². The van der Waals surface area contributed by atoms with E-state index in [0.29, 0.717) is 0 Å². The van der Waals surface area contributed by atoms with Gasteiger partial charge in [0, 0.05) is 17.7 Å². The molecule has 0 saturated carbocycles. The Morgan fingerprint density at radius 2 is 2.06 bits per heavy atom. The SMILES string of the molecule is O=C(C=CC=C(Cl)Cl)c1cccc([N+](=O)[O-])c1. The first kappa shape index (κ1) is 13.4. The number of carbonyl (C=O) groups is 1. The quantitative estimate of drug-likeness (QED) is 0.276. The first-order valence-corrected chi connectivity index (χ1v) is 5.24. The zero-order valence-corrected chi connectivity index (χ0v) is 9.98. The minimum absolute atomic E-state index is 0.0214. The standard InChI is InChI=1S/C11H7Cl2NO3/c12-11(13)6-2-5-10(15)8-3-1-4-9(7-8)14(16)17/h1-7H. The smallest absolute Gasteiger partial charge is 0.270 e. The van der Waals surface area contributed by atoms with E-state index in [4.69, 9.17) is 23.2 Å². The molecular weight excluding hydrogens is 265 g/mol. The van der Waals surface area contributed by atoms with E-state index in [1.165, 1.54) is 42.5 Å². The van der Waals surface area contributed by atoms with Crippen molar-refractivity contribution in [3.8, 4) is 0 Å². The number of rotatable bonds is 4. The summed E-state index contributed by atoms with van der Waals surface area (Å²) in [5.41, 5.74) is 0.102. The molecule has 0 unspecified atom stereocenters. The van der Waals surface area contributed by atoms with Gasteiger partial charge >= 0.3 is 0 Å². The molecule has 0 radical (unpaired) electrons. The van der Waals surface area contributed by atoms with Crippen molar-refractivity contribution in [2.45, 2.75) is 0 Å². The highest BCUT2D eigenvalue weighted by Gasteiger charge is 2.08. The number of carbonyl (C=O) groups excluding carboxylic acids is 1. The second kappa shape index (κ2) is 6.18. The van der Waals surface area contributed by atoms with E-state index >= 15 is 0 Å². The second-order valence-corrected chi connectivity index (χ2v) is 3.99. The zero-order valence-electron chi connectivity index (χ0n) is 8.47. The molecule has 0 N–H and O–H groups in total. The van der Waals surface area contributed by atoms with Crippen molar-refractivity contribution in [2.75, 3.05) is 0 Å². The number of halogens is 2. The summed E-state index contributed by atoms with van der Waals surface area (Å²) in [6, 6.07) is 5.46. The molecule has 0 saturated heterocycles. The Morgan fingerprint density at radius 1 is 1.35 bits per heavy atom. The molecule has 1 aromatic carbocycles. The van der Waals surface area contributed by atoms with Gasteiger partial charge in [-0.25, -0.2) is 0 Å². The van der Waals surface area contributed by atoms with Gasteiger partial charge in [0.1, 0.15) is 4.49 Å². The summed E-state index contributed by atoms with van der Waals surface area (Å²) < 4.78 is 0.0214. The van der Waals surface area contributed by atoms with Gasteiger partial charge < -0.3 is 0 Å². The van der Waals surface area contributed by atoms with E-state index in [0.717, 1.165) is 0 Å². The van der Waals surface area contributed by atoms with Crippen LogP contribution in [0.15, 0.2) is 47.0 Å². The van der Waals surface area contributed by atoms with Crippen LogP contribution in [-0.2, 0) is 0 Å². The van der Waals surface area contributed by atoms with E-state index in [9.17, 15) is 14.9 Å². The Bertz CT molecular complexity index is 505. The Balaban J connectivity index is 2.90. The molecular formula is C11H7Cl2NO3. The summed E-state index contributed by atoms with van der Waals surface area (Å²) in [5, 5.41) is 10.5. The molecule has 0 aliphatic rings. The highest BCUT2D eigenvalue weighted by molar-refractivity contribution is 6.56. The molecule has 0 heterocycles. The lowest BCUT2D eigenvalue weighted by Gasteiger charge is -1.95. The van der Waals surface area contributed by atoms with E-state index in [2.05, 4.69) is 0 Å². The van der Waals surface area contributed by atoms with Crippen LogP contribution in [0.3, 0.4) is 0 Å². The van der Waals surface area contributed by atoms with Crippen molar-refractivity contribution in [1.82, 2.24) is 0 Å². The molecule has 1 rings (SSSR count). The van der Waals surface area contributed by atoms with Gasteiger partial charge in [-0.2, -0.15) is 0 Å². The number of hydrogen-bond donors (Lipinski definition) is 0. The third-order valence-corrected chi connectivity index (χ3v) is 2.06. The summed E-state index contributed by atoms with van der Waals surface area (Å²) in [4.78, 5) is 21.5. The van der Waals surface area contributed by atoms with E-state index < -0.39 is 4.92 Å². The molecule has 1 aromatic rings. The molecule has 0 aromatic heterocycles. The molecule has 0 amide bonds. The highest BCUT2D eigenvalue weighted by Crippen LogP contribution is 2.14. The van der Waals surface area contributed by atoms with Gasteiger partial charge in [-0.3, -0.25) is 14.9 Å². The van der Waals surface area contributed by atoms with Crippen molar-refractivity contribution in [1.29, 1.82) is 0 Å². The lowest BCUT2D eigenvalue weighted by Crippen LogP contribution is -1.96. The normalized spacial score (nSPS) is 10.2. The van der Waals surface area contributed by atoms with Gasteiger partial charge in [-0.1, -0.05) is 41.4 Å². The van der Waals surface area contributed by atoms with Crippen LogP contribution in [0.25, 0.3) is 0 Å². The molecule has 0 aliphatic carbocycles. The van der Waals surface area contributed by atoms with Crippen LogP contribution in [0.1, 0.15) is 10.4 Å². The van der Waals surface area contributed by atoms with Crippen molar-refractivity contribution in [3.63, 3.8) is 0 Å². The molecule has 0 atom stereocenters. The van der Waals surface area contributed by atoms with Crippen molar-refractivity contribution >= 4 is 34.7 Å². The first-order chi connectivity index (χ1) is 8.00. The Labute approximate surface area is 107 Å². The van der Waals surface area contributed by atoms with Crippen LogP contribution in [-0.4, -0.2) is 10.7 Å². The molecule has 6 heteroatoms. The van der Waals surface area contributed by atoms with Crippen molar-refractivity contribution in [3.05, 3.63) is 62.7 Å². The van der Waals surface area contributed by atoms with Gasteiger partial charge in [-0.15, -0.1) is 0 Å².